The van der Waals surface area contributed by atoms with Crippen molar-refractivity contribution in [1.82, 2.24) is 5.16 Å². The zero-order valence-corrected chi connectivity index (χ0v) is 22.5. The lowest BCUT2D eigenvalue weighted by molar-refractivity contribution is -0.137. The van der Waals surface area contributed by atoms with E-state index in [9.17, 15) is 27.9 Å². The van der Waals surface area contributed by atoms with Crippen molar-refractivity contribution < 1.29 is 37.1 Å². The Morgan fingerprint density at radius 1 is 0.951 bits per heavy atom. The standard InChI is InChI=1S/C29H18ClF3N2O5S/c1-39-28(38)34-18-6-2-15(3-7-18)22-14-19(8-10-20(22)27(36)37)41-26-21-9-4-16(12-25(21)40-35-26)23-13-17(30)5-11-24(23)29(31,32)33/h2-14H,1H3,(H,34,38)(H,36,37). The number of carboxylic acids is 1. The van der Waals surface area contributed by atoms with Crippen molar-refractivity contribution in [2.45, 2.75) is 16.1 Å². The summed E-state index contributed by atoms with van der Waals surface area (Å²) in [6.45, 7) is 0. The first-order valence-electron chi connectivity index (χ1n) is 11.8. The number of fused-ring (bicyclic) bond motifs is 1. The largest absolute Gasteiger partial charge is 0.478 e. The van der Waals surface area contributed by atoms with E-state index in [1.165, 1.54) is 49.2 Å². The predicted octanol–water partition coefficient (Wildman–Crippen LogP) is 8.86. The Hall–Kier alpha value is -4.48. The average molecular weight is 599 g/mol. The Morgan fingerprint density at radius 3 is 2.37 bits per heavy atom. The molecule has 0 bridgehead atoms. The number of anilines is 1. The van der Waals surface area contributed by atoms with E-state index in [1.807, 2.05) is 0 Å². The van der Waals surface area contributed by atoms with Crippen LogP contribution in [0.3, 0.4) is 0 Å². The van der Waals surface area contributed by atoms with Gasteiger partial charge >= 0.3 is 18.2 Å². The van der Waals surface area contributed by atoms with Crippen LogP contribution >= 0.6 is 23.4 Å². The summed E-state index contributed by atoms with van der Waals surface area (Å²) in [5, 5.41) is 17.5. The van der Waals surface area contributed by atoms with Gasteiger partial charge < -0.3 is 14.4 Å². The van der Waals surface area contributed by atoms with E-state index in [0.29, 0.717) is 32.1 Å². The number of alkyl halides is 3. The average Bonchev–Trinajstić information content (AvgIpc) is 3.34. The maximum Gasteiger partial charge on any atom is 0.417 e. The van der Waals surface area contributed by atoms with Crippen LogP contribution in [-0.4, -0.2) is 29.4 Å². The van der Waals surface area contributed by atoms with Gasteiger partial charge in [-0.25, -0.2) is 9.59 Å². The molecule has 0 spiro atoms. The molecule has 5 rings (SSSR count). The van der Waals surface area contributed by atoms with E-state index in [-0.39, 0.29) is 27.3 Å². The SMILES string of the molecule is COC(=O)Nc1ccc(-c2cc(Sc3noc4cc(-c5cc(Cl)ccc5C(F)(F)F)ccc34)ccc2C(=O)O)cc1. The minimum absolute atomic E-state index is 0.0691. The number of aromatic carboxylic acids is 1. The highest BCUT2D eigenvalue weighted by atomic mass is 35.5. The Labute approximate surface area is 239 Å². The van der Waals surface area contributed by atoms with Crippen LogP contribution in [0.25, 0.3) is 33.2 Å². The number of amides is 1. The molecule has 1 amide bonds. The lowest BCUT2D eigenvalue weighted by Gasteiger charge is -2.13. The van der Waals surface area contributed by atoms with Crippen LogP contribution in [0.4, 0.5) is 23.7 Å². The molecule has 4 aromatic carbocycles. The number of benzene rings is 4. The molecule has 0 saturated heterocycles. The molecule has 2 N–H and O–H groups in total. The van der Waals surface area contributed by atoms with Gasteiger partial charge in [0.05, 0.1) is 23.6 Å². The normalized spacial score (nSPS) is 11.4. The molecule has 208 valence electrons. The number of methoxy groups -OCH3 is 1. The van der Waals surface area contributed by atoms with Crippen LogP contribution in [0, 0.1) is 0 Å². The van der Waals surface area contributed by atoms with E-state index in [2.05, 4.69) is 15.2 Å². The third kappa shape index (κ3) is 6.01. The quantitative estimate of drug-likeness (QED) is 0.201. The third-order valence-electron chi connectivity index (χ3n) is 6.10. The summed E-state index contributed by atoms with van der Waals surface area (Å²) in [5.41, 5.74) is 1.19. The molecule has 0 unspecified atom stereocenters. The summed E-state index contributed by atoms with van der Waals surface area (Å²) in [7, 11) is 1.24. The number of aromatic nitrogens is 1. The fourth-order valence-electron chi connectivity index (χ4n) is 4.18. The van der Waals surface area contributed by atoms with Crippen molar-refractivity contribution in [2.24, 2.45) is 0 Å². The van der Waals surface area contributed by atoms with Gasteiger partial charge in [0.25, 0.3) is 0 Å². The van der Waals surface area contributed by atoms with E-state index in [0.717, 1.165) is 6.07 Å². The maximum atomic E-state index is 13.6. The number of halogens is 4. The number of nitrogens with one attached hydrogen (secondary N) is 1. The second-order valence-electron chi connectivity index (χ2n) is 8.69. The van der Waals surface area contributed by atoms with E-state index in [1.54, 1.807) is 42.5 Å². The first-order chi connectivity index (χ1) is 19.5. The monoisotopic (exact) mass is 598 g/mol. The van der Waals surface area contributed by atoms with Crippen molar-refractivity contribution in [3.05, 3.63) is 95.0 Å². The number of carbonyl (C=O) groups is 2. The van der Waals surface area contributed by atoms with Crippen LogP contribution in [-0.2, 0) is 10.9 Å². The smallest absolute Gasteiger partial charge is 0.417 e. The Bertz CT molecular complexity index is 1790. The van der Waals surface area contributed by atoms with Crippen LogP contribution in [0.2, 0.25) is 5.02 Å². The molecule has 0 aliphatic rings. The molecular formula is C29H18ClF3N2O5S. The number of hydrogen-bond acceptors (Lipinski definition) is 6. The number of rotatable bonds is 6. The highest BCUT2D eigenvalue weighted by molar-refractivity contribution is 7.99. The summed E-state index contributed by atoms with van der Waals surface area (Å²) in [4.78, 5) is 24.0. The number of hydrogen-bond donors (Lipinski definition) is 2. The highest BCUT2D eigenvalue weighted by Gasteiger charge is 2.34. The molecule has 1 heterocycles. The van der Waals surface area contributed by atoms with Gasteiger partial charge in [-0.1, -0.05) is 46.7 Å². The zero-order chi connectivity index (χ0) is 29.3. The van der Waals surface area contributed by atoms with Crippen molar-refractivity contribution in [1.29, 1.82) is 0 Å². The zero-order valence-electron chi connectivity index (χ0n) is 21.0. The van der Waals surface area contributed by atoms with Crippen molar-refractivity contribution in [2.75, 3.05) is 12.4 Å². The van der Waals surface area contributed by atoms with Crippen LogP contribution < -0.4 is 5.32 Å². The molecule has 0 fully saturated rings. The minimum Gasteiger partial charge on any atom is -0.478 e. The summed E-state index contributed by atoms with van der Waals surface area (Å²) in [6.07, 6.45) is -5.21. The molecule has 1 aromatic heterocycles. The van der Waals surface area contributed by atoms with E-state index in [4.69, 9.17) is 16.1 Å². The van der Waals surface area contributed by atoms with Crippen molar-refractivity contribution in [3.63, 3.8) is 0 Å². The minimum atomic E-state index is -4.57. The summed E-state index contributed by atoms with van der Waals surface area (Å²) in [5.74, 6) is -1.12. The fraction of sp³-hybridized carbons (Fsp3) is 0.0690. The Balaban J connectivity index is 1.47. The molecule has 0 aliphatic carbocycles. The summed E-state index contributed by atoms with van der Waals surface area (Å²) < 4.78 is 50.8. The Morgan fingerprint density at radius 2 is 1.68 bits per heavy atom. The van der Waals surface area contributed by atoms with Crippen molar-refractivity contribution in [3.8, 4) is 22.3 Å². The van der Waals surface area contributed by atoms with Crippen LogP contribution in [0.5, 0.6) is 0 Å². The molecule has 7 nitrogen and oxygen atoms in total. The molecule has 0 saturated carbocycles. The number of carbonyl (C=O) groups excluding carboxylic acids is 1. The number of ether oxygens (including phenoxy) is 1. The van der Waals surface area contributed by atoms with Crippen LogP contribution in [0.15, 0.2) is 93.3 Å². The van der Waals surface area contributed by atoms with E-state index < -0.39 is 23.8 Å². The van der Waals surface area contributed by atoms with Gasteiger partial charge in [-0.2, -0.15) is 13.2 Å². The molecular weight excluding hydrogens is 581 g/mol. The van der Waals surface area contributed by atoms with Gasteiger partial charge in [0.15, 0.2) is 10.6 Å². The lowest BCUT2D eigenvalue weighted by Crippen LogP contribution is -2.10. The fourth-order valence-corrected chi connectivity index (χ4v) is 5.25. The topological polar surface area (TPSA) is 102 Å². The predicted molar refractivity (Wildman–Crippen MR) is 148 cm³/mol. The summed E-state index contributed by atoms with van der Waals surface area (Å²) >= 11 is 7.19. The first-order valence-corrected chi connectivity index (χ1v) is 13.0. The van der Waals surface area contributed by atoms with Gasteiger partial charge in [-0.05, 0) is 82.9 Å². The second kappa shape index (κ2) is 11.2. The third-order valence-corrected chi connectivity index (χ3v) is 7.31. The van der Waals surface area contributed by atoms with Gasteiger partial charge in [0.2, 0.25) is 0 Å². The second-order valence-corrected chi connectivity index (χ2v) is 10.2. The molecule has 12 heteroatoms. The van der Waals surface area contributed by atoms with Crippen molar-refractivity contribution >= 4 is 52.1 Å². The van der Waals surface area contributed by atoms with Gasteiger partial charge in [-0.3, -0.25) is 5.32 Å². The molecule has 5 aromatic rings. The van der Waals surface area contributed by atoms with E-state index >= 15 is 0 Å². The van der Waals surface area contributed by atoms with Crippen LogP contribution in [0.1, 0.15) is 15.9 Å². The number of nitrogens with zero attached hydrogens (tertiary/aromatic N) is 1. The molecule has 0 radical (unpaired) electrons. The molecule has 0 atom stereocenters. The highest BCUT2D eigenvalue weighted by Crippen LogP contribution is 2.41. The lowest BCUT2D eigenvalue weighted by atomic mass is 9.98. The van der Waals surface area contributed by atoms with Gasteiger partial charge in [-0.15, -0.1) is 0 Å². The molecule has 41 heavy (non-hydrogen) atoms. The number of carboxylic acid groups (broad SMARTS) is 1. The Kier molecular flexibility index (Phi) is 7.65. The maximum absolute atomic E-state index is 13.6. The van der Waals surface area contributed by atoms with Gasteiger partial charge in [0, 0.05) is 15.6 Å². The summed E-state index contributed by atoms with van der Waals surface area (Å²) in [6, 6.07) is 19.3. The first kappa shape index (κ1) is 28.1. The van der Waals surface area contributed by atoms with Gasteiger partial charge in [0.1, 0.15) is 0 Å². The molecule has 0 aliphatic heterocycles.